The molecule has 6 heteroatoms. The summed E-state index contributed by atoms with van der Waals surface area (Å²) in [6.07, 6.45) is 0. The molecule has 3 aromatic heterocycles. The van der Waals surface area contributed by atoms with Gasteiger partial charge in [-0.1, -0.05) is 272 Å². The van der Waals surface area contributed by atoms with Gasteiger partial charge in [0.05, 0.1) is 97.7 Å². The Morgan fingerprint density at radius 1 is 0.259 bits per heavy atom. The number of hydrogen-bond donors (Lipinski definition) is 0. The Hall–Kier alpha value is -10.5. The predicted molar refractivity (Wildman–Crippen MR) is 339 cm³/mol. The topological polar surface area (TPSA) is 48.5 Å². The van der Waals surface area contributed by atoms with Gasteiger partial charge in [-0.15, -0.1) is 0 Å². The molecule has 0 aliphatic carbocycles. The van der Waals surface area contributed by atoms with Crippen molar-refractivity contribution in [1.29, 1.82) is 0 Å². The Morgan fingerprint density at radius 2 is 0.580 bits per heavy atom. The van der Waals surface area contributed by atoms with E-state index in [2.05, 4.69) is 15.0 Å². The highest BCUT2D eigenvalue weighted by Gasteiger charge is 2.42. The predicted octanol–water partition coefficient (Wildman–Crippen LogP) is 15.8. The van der Waals surface area contributed by atoms with Gasteiger partial charge in [-0.05, 0) is 90.4 Å². The molecule has 0 saturated carbocycles. The summed E-state index contributed by atoms with van der Waals surface area (Å²) in [5.74, 6) is -4.45. The van der Waals surface area contributed by atoms with Crippen LogP contribution >= 0.6 is 0 Å². The lowest BCUT2D eigenvalue weighted by atomic mass is 10.1. The Morgan fingerprint density at radius 3 is 1.01 bits per heavy atom. The quantitative estimate of drug-likeness (QED) is 0.0958. The maximum Gasteiger partial charge on any atom is 0.238 e. The van der Waals surface area contributed by atoms with Crippen molar-refractivity contribution in [3.05, 3.63) is 308 Å². The molecule has 0 aliphatic heterocycles. The number of nitrogens with zero attached hydrogens (tertiary/aromatic N) is 5. The molecule has 0 N–H and O–H groups in total. The van der Waals surface area contributed by atoms with E-state index in [9.17, 15) is 46.6 Å². The minimum atomic E-state index is -7.73. The first kappa shape index (κ1) is 18.5. The Kier molecular flexibility index (Phi) is 4.58. The van der Waals surface area contributed by atoms with E-state index in [0.717, 1.165) is 0 Å². The van der Waals surface area contributed by atoms with Crippen LogP contribution in [0.1, 0.15) is 69.9 Å². The molecule has 0 atom stereocenters. The molecule has 0 aliphatic rings. The van der Waals surface area contributed by atoms with Crippen LogP contribution in [0.4, 0.5) is 0 Å². The third-order valence-electron chi connectivity index (χ3n) is 12.5. The van der Waals surface area contributed by atoms with Crippen LogP contribution in [0.25, 0.3) is 111 Å². The number of hydrogen-bond acceptors (Lipinski definition) is 3. The van der Waals surface area contributed by atoms with Crippen LogP contribution < -0.4 is 20.7 Å². The monoisotopic (exact) mass is 1100 g/mol. The van der Waals surface area contributed by atoms with Crippen molar-refractivity contribution in [3.8, 4) is 67.8 Å². The molecule has 380 valence electrons. The molecule has 0 saturated heterocycles. The van der Waals surface area contributed by atoms with Gasteiger partial charge < -0.3 is 4.57 Å². The molecule has 5 nitrogen and oxygen atoms in total. The highest BCUT2D eigenvalue weighted by Crippen LogP contribution is 2.37. The van der Waals surface area contributed by atoms with E-state index >= 15 is 0 Å². The minimum Gasteiger partial charge on any atom is -0.309 e. The number of aromatic nitrogens is 5. The zero-order chi connectivity index (χ0) is 98.1. The summed E-state index contributed by atoms with van der Waals surface area (Å²) in [6, 6.07) is -70.2. The van der Waals surface area contributed by atoms with E-state index in [1.807, 2.05) is 0 Å². The summed E-state index contributed by atoms with van der Waals surface area (Å²) in [4.78, 5) is 13.8. The van der Waals surface area contributed by atoms with E-state index in [-0.39, 0.29) is 0 Å². The highest BCUT2D eigenvalue weighted by molar-refractivity contribution is 7.20. The van der Waals surface area contributed by atoms with Crippen LogP contribution in [0.15, 0.2) is 308 Å². The fraction of sp³-hybridized carbons (Fsp3) is 0. The van der Waals surface area contributed by atoms with E-state index in [1.54, 1.807) is 0 Å². The van der Waals surface area contributed by atoms with E-state index in [0.29, 0.717) is 9.13 Å². The Bertz CT molecular complexity index is 7410. The summed E-state index contributed by atoms with van der Waals surface area (Å²) in [6.45, 7) is 0. The first-order valence-corrected chi connectivity index (χ1v) is 25.4. The molecule has 0 fully saturated rings. The van der Waals surface area contributed by atoms with Crippen LogP contribution in [0.5, 0.6) is 0 Å². The molecule has 15 aromatic rings. The van der Waals surface area contributed by atoms with Crippen LogP contribution in [-0.4, -0.2) is 32.2 Å². The smallest absolute Gasteiger partial charge is 0.238 e. The van der Waals surface area contributed by atoms with Gasteiger partial charge in [0.25, 0.3) is 0 Å². The first-order chi connectivity index (χ1) is 61.4. The minimum absolute atomic E-state index is 0.452. The van der Waals surface area contributed by atoms with Gasteiger partial charge in [-0.2, -0.15) is 9.97 Å². The van der Waals surface area contributed by atoms with Gasteiger partial charge in [0.15, 0.2) is 19.7 Å². The first-order valence-electron chi connectivity index (χ1n) is 48.9. The lowest BCUT2D eigenvalue weighted by molar-refractivity contribution is 0.952. The van der Waals surface area contributed by atoms with E-state index in [1.165, 1.54) is 0 Å². The van der Waals surface area contributed by atoms with Crippen molar-refractivity contribution in [2.24, 2.45) is 0 Å². The van der Waals surface area contributed by atoms with E-state index in [4.69, 9.17) is 23.3 Å². The summed E-state index contributed by atoms with van der Waals surface area (Å²) >= 11 is 0. The fourth-order valence-corrected chi connectivity index (χ4v) is 12.8. The van der Waals surface area contributed by atoms with Crippen molar-refractivity contribution >= 4 is 72.4 Å². The average molecular weight is 1100 g/mol. The summed E-state index contributed by atoms with van der Waals surface area (Å²) in [5, 5.41) is -10.1. The van der Waals surface area contributed by atoms with Crippen molar-refractivity contribution < 1.29 is 69.9 Å². The zero-order valence-corrected chi connectivity index (χ0v) is 41.2. The SMILES string of the molecule is [2H]c1c([2H])c([2H])c(-c2c([2H])c([2H])c([2H])c([Si](c3c([2H])c([2H])c([2H])c(-c4nc(-c5c([2H])c([2H])c([2H])c([2H])c5-n5c6c([2H])c([2H])c([2H])c([2H])c6c6c([2H])c([2H])c([2H])c([2H])c65)nc(-n5c6c([2H])c([2H])c([2H])c([2H])c6c6c([2H])c([2H])c([2H])c([2H])c65)n4)c3[2H])(c3c([2H])c([2H])c([2H])c(-c4c([2H])c([2H])c([2H])c([2H])c4[2H])c3[2H])c3c([2H])c([2H])c([2H])c(-c4c([2H])c([2H])c([2H])c([2H])c4[2H])c3[2H])c2[2H])c([2H])c1[2H]. The lowest BCUT2D eigenvalue weighted by Crippen LogP contribution is -2.74. The lowest BCUT2D eigenvalue weighted by Gasteiger charge is -2.35. The van der Waals surface area contributed by atoms with Crippen molar-refractivity contribution in [2.45, 2.75) is 0 Å². The molecule has 0 amide bonds. The fourth-order valence-electron chi connectivity index (χ4n) is 9.08. The van der Waals surface area contributed by atoms with Crippen LogP contribution in [0.3, 0.4) is 0 Å². The Balaban J connectivity index is 1.30. The summed E-state index contributed by atoms with van der Waals surface area (Å²) in [7, 11) is -7.73. The summed E-state index contributed by atoms with van der Waals surface area (Å²) in [5.41, 5.74) is -16.1. The second-order valence-electron chi connectivity index (χ2n) is 16.8. The van der Waals surface area contributed by atoms with Crippen LogP contribution in [0.2, 0.25) is 0 Å². The standard InChI is InChI=1S/C75H51N5Si/c1-4-24-52(25-5-1)55-30-20-34-59(48-55)81(60-35-21-31-56(49-60)53-26-6-2-7-27-53,61-36-22-32-57(50-61)54-28-8-3-9-29-54)62-37-23-33-58(51-62)73-76-74(78-75(77-73)80-70-45-17-12-40-65(70)66-41-13-18-46-71(66)80)67-42-14-19-47-72(67)79-68-43-15-10-38-63(68)64-39-11-16-44-69(64)79/h1-51H/i1D,2D,3D,4D,5D,6D,7D,8D,9D,10D,11D,12D,13D,14D,15D,16D,17D,18D,19D,20D,21D,22D,23D,24D,25D,26D,27D,28D,29D,30D,31D,32D,33D,34D,35D,36D,37D,38D,39D,40D,41D,42D,43D,44D,45D,46D,47D,48D,49D,50D,51D. The average Bonchev–Trinajstić information content (AvgIpc) is 0.935. The highest BCUT2D eigenvalue weighted by atomic mass is 28.3. The Labute approximate surface area is 542 Å². The maximum absolute atomic E-state index is 11.3. The molecule has 15 rings (SSSR count). The molecule has 0 radical (unpaired) electrons. The number of benzene rings is 12. The molecular weight excluding hydrogens is 999 g/mol. The second-order valence-corrected chi connectivity index (χ2v) is 20.3. The third kappa shape index (κ3) is 8.19. The number of para-hydroxylation sites is 5. The molecule has 81 heavy (non-hydrogen) atoms. The molecule has 0 bridgehead atoms. The van der Waals surface area contributed by atoms with Gasteiger partial charge in [0, 0.05) is 32.7 Å². The van der Waals surface area contributed by atoms with Gasteiger partial charge in [0.2, 0.25) is 5.95 Å². The third-order valence-corrected chi connectivity index (χ3v) is 16.5. The second kappa shape index (κ2) is 20.0. The van der Waals surface area contributed by atoms with Crippen LogP contribution in [0, 0.1) is 0 Å². The molecular formula is C75H51N5Si. The van der Waals surface area contributed by atoms with Crippen LogP contribution in [-0.2, 0) is 0 Å². The summed E-state index contributed by atoms with van der Waals surface area (Å²) < 4.78 is 488. The normalized spacial score (nSPS) is 20.5. The maximum atomic E-state index is 11.3. The molecule has 0 spiro atoms. The van der Waals surface area contributed by atoms with Crippen molar-refractivity contribution in [1.82, 2.24) is 24.1 Å². The number of rotatable bonds is 11. The largest absolute Gasteiger partial charge is 0.309 e. The van der Waals surface area contributed by atoms with Gasteiger partial charge in [-0.3, -0.25) is 4.57 Å². The van der Waals surface area contributed by atoms with Crippen molar-refractivity contribution in [2.75, 3.05) is 0 Å². The van der Waals surface area contributed by atoms with Gasteiger partial charge >= 0.3 is 0 Å². The number of fused-ring (bicyclic) bond motifs is 6. The van der Waals surface area contributed by atoms with E-state index < -0.39 is 448 Å². The molecule has 0 unspecified atom stereocenters. The molecule has 3 heterocycles. The van der Waals surface area contributed by atoms with Gasteiger partial charge in [0.1, 0.15) is 0 Å². The zero-order valence-electron chi connectivity index (χ0n) is 91.2. The van der Waals surface area contributed by atoms with Crippen molar-refractivity contribution in [3.63, 3.8) is 0 Å². The molecule has 12 aromatic carbocycles. The van der Waals surface area contributed by atoms with Gasteiger partial charge in [-0.25, -0.2) is 4.98 Å².